The molecule has 0 saturated heterocycles. The molecule has 0 fully saturated rings. The van der Waals surface area contributed by atoms with Gasteiger partial charge in [-0.2, -0.15) is 0 Å². The Morgan fingerprint density at radius 1 is 1.50 bits per heavy atom. The van der Waals surface area contributed by atoms with Crippen molar-refractivity contribution in [3.63, 3.8) is 0 Å². The summed E-state index contributed by atoms with van der Waals surface area (Å²) in [5.74, 6) is 0.590. The van der Waals surface area contributed by atoms with E-state index in [9.17, 15) is 4.39 Å². The standard InChI is InChI=1S/C13H18FN3O/c1-18-9-11-7-10(3-4-12(11)14)8-17-13-15-5-2-6-16-13/h3-4,7H,2,5-6,8-9H2,1H3,(H2,15,16,17). The molecule has 2 N–H and O–H groups in total. The minimum absolute atomic E-state index is 0.228. The van der Waals surface area contributed by atoms with Gasteiger partial charge in [-0.25, -0.2) is 4.39 Å². The Morgan fingerprint density at radius 2 is 2.39 bits per heavy atom. The maximum Gasteiger partial charge on any atom is 0.191 e. The van der Waals surface area contributed by atoms with Crippen LogP contribution in [0.1, 0.15) is 17.5 Å². The predicted octanol–water partition coefficient (Wildman–Crippen LogP) is 1.41. The number of nitrogens with zero attached hydrogens (tertiary/aromatic N) is 1. The highest BCUT2D eigenvalue weighted by molar-refractivity contribution is 5.80. The molecule has 1 heterocycles. The van der Waals surface area contributed by atoms with Crippen LogP contribution >= 0.6 is 0 Å². The summed E-state index contributed by atoms with van der Waals surface area (Å²) in [5, 5.41) is 6.38. The van der Waals surface area contributed by atoms with Gasteiger partial charge < -0.3 is 15.4 Å². The van der Waals surface area contributed by atoms with Crippen LogP contribution in [0.2, 0.25) is 0 Å². The normalized spacial score (nSPS) is 14.9. The van der Waals surface area contributed by atoms with E-state index in [0.717, 1.165) is 31.0 Å². The van der Waals surface area contributed by atoms with Crippen LogP contribution in [-0.2, 0) is 17.9 Å². The van der Waals surface area contributed by atoms with E-state index >= 15 is 0 Å². The third-order valence-electron chi connectivity index (χ3n) is 2.77. The molecular formula is C13H18FN3O. The number of guanidine groups is 1. The van der Waals surface area contributed by atoms with Crippen molar-refractivity contribution in [1.29, 1.82) is 0 Å². The van der Waals surface area contributed by atoms with Crippen LogP contribution in [0.25, 0.3) is 0 Å². The zero-order chi connectivity index (χ0) is 12.8. The van der Waals surface area contributed by atoms with Gasteiger partial charge in [-0.05, 0) is 24.1 Å². The van der Waals surface area contributed by atoms with E-state index < -0.39 is 0 Å². The van der Waals surface area contributed by atoms with Gasteiger partial charge in [0, 0.05) is 32.3 Å². The van der Waals surface area contributed by atoms with Crippen molar-refractivity contribution in [3.05, 3.63) is 35.1 Å². The molecule has 0 unspecified atom stereocenters. The van der Waals surface area contributed by atoms with E-state index in [2.05, 4.69) is 15.6 Å². The molecule has 1 aliphatic rings. The Kier molecular flexibility index (Phi) is 4.52. The Hall–Kier alpha value is -1.62. The topological polar surface area (TPSA) is 45.6 Å². The van der Waals surface area contributed by atoms with Crippen molar-refractivity contribution in [2.75, 3.05) is 20.2 Å². The molecule has 0 aliphatic carbocycles. The Bertz CT molecular complexity index is 434. The number of methoxy groups -OCH3 is 1. The number of benzene rings is 1. The van der Waals surface area contributed by atoms with Gasteiger partial charge in [-0.3, -0.25) is 4.99 Å². The highest BCUT2D eigenvalue weighted by Crippen LogP contribution is 2.11. The van der Waals surface area contributed by atoms with E-state index in [4.69, 9.17) is 4.74 Å². The van der Waals surface area contributed by atoms with Crippen LogP contribution in [0.3, 0.4) is 0 Å². The summed E-state index contributed by atoms with van der Waals surface area (Å²) in [6, 6.07) is 5.06. The van der Waals surface area contributed by atoms with Crippen molar-refractivity contribution in [2.24, 2.45) is 4.99 Å². The molecule has 4 nitrogen and oxygen atoms in total. The quantitative estimate of drug-likeness (QED) is 0.850. The monoisotopic (exact) mass is 251 g/mol. The zero-order valence-corrected chi connectivity index (χ0v) is 10.5. The molecule has 0 atom stereocenters. The lowest BCUT2D eigenvalue weighted by Crippen LogP contribution is -2.40. The lowest BCUT2D eigenvalue weighted by atomic mass is 10.1. The first-order valence-electron chi connectivity index (χ1n) is 6.08. The summed E-state index contributed by atoms with van der Waals surface area (Å²) in [5.41, 5.74) is 1.59. The number of hydrogen-bond donors (Lipinski definition) is 2. The first-order chi connectivity index (χ1) is 8.79. The molecule has 1 aromatic rings. The molecule has 2 rings (SSSR count). The second-order valence-electron chi connectivity index (χ2n) is 4.22. The highest BCUT2D eigenvalue weighted by Gasteiger charge is 2.06. The van der Waals surface area contributed by atoms with Crippen molar-refractivity contribution in [1.82, 2.24) is 10.6 Å². The van der Waals surface area contributed by atoms with Crippen LogP contribution in [-0.4, -0.2) is 26.2 Å². The van der Waals surface area contributed by atoms with Gasteiger partial charge in [0.25, 0.3) is 0 Å². The number of nitrogens with one attached hydrogen (secondary N) is 2. The van der Waals surface area contributed by atoms with Gasteiger partial charge in [0.1, 0.15) is 5.82 Å². The molecule has 0 spiro atoms. The average Bonchev–Trinajstić information content (AvgIpc) is 2.41. The lowest BCUT2D eigenvalue weighted by Gasteiger charge is -2.16. The summed E-state index contributed by atoms with van der Waals surface area (Å²) in [6.45, 7) is 2.72. The fourth-order valence-electron chi connectivity index (χ4n) is 1.84. The first-order valence-corrected chi connectivity index (χ1v) is 6.08. The fourth-order valence-corrected chi connectivity index (χ4v) is 1.84. The van der Waals surface area contributed by atoms with Crippen molar-refractivity contribution in [2.45, 2.75) is 19.6 Å². The number of rotatable bonds is 4. The number of halogens is 1. The Labute approximate surface area is 106 Å². The highest BCUT2D eigenvalue weighted by atomic mass is 19.1. The smallest absolute Gasteiger partial charge is 0.191 e. The molecule has 0 bridgehead atoms. The molecule has 1 aromatic carbocycles. The number of hydrogen-bond acceptors (Lipinski definition) is 4. The maximum absolute atomic E-state index is 13.4. The van der Waals surface area contributed by atoms with Crippen LogP contribution in [0, 0.1) is 5.82 Å². The van der Waals surface area contributed by atoms with Crippen molar-refractivity contribution < 1.29 is 9.13 Å². The summed E-state index contributed by atoms with van der Waals surface area (Å²) in [6.07, 6.45) is 1.07. The van der Waals surface area contributed by atoms with Gasteiger partial charge in [0.05, 0.1) is 6.61 Å². The van der Waals surface area contributed by atoms with Gasteiger partial charge in [0.15, 0.2) is 5.96 Å². The second-order valence-corrected chi connectivity index (χ2v) is 4.22. The van der Waals surface area contributed by atoms with Crippen molar-refractivity contribution >= 4 is 5.96 Å². The summed E-state index contributed by atoms with van der Waals surface area (Å²) in [7, 11) is 1.56. The first kappa shape index (κ1) is 12.8. The van der Waals surface area contributed by atoms with E-state index in [1.54, 1.807) is 13.2 Å². The maximum atomic E-state index is 13.4. The average molecular weight is 251 g/mol. The third kappa shape index (κ3) is 3.43. The van der Waals surface area contributed by atoms with E-state index in [1.165, 1.54) is 6.07 Å². The Morgan fingerprint density at radius 3 is 3.11 bits per heavy atom. The molecular weight excluding hydrogens is 233 g/mol. The minimum atomic E-state index is -0.228. The lowest BCUT2D eigenvalue weighted by molar-refractivity contribution is 0.181. The molecule has 0 amide bonds. The molecule has 5 heteroatoms. The summed E-state index contributed by atoms with van der Waals surface area (Å²) in [4.78, 5) is 4.32. The predicted molar refractivity (Wildman–Crippen MR) is 68.9 cm³/mol. The number of aliphatic imine (C=N–C) groups is 1. The minimum Gasteiger partial charge on any atom is -0.380 e. The van der Waals surface area contributed by atoms with Gasteiger partial charge in [0.2, 0.25) is 0 Å². The molecule has 0 saturated carbocycles. The SMILES string of the molecule is COCc1cc(CNC2=NCCCN2)ccc1F. The molecule has 1 aliphatic heterocycles. The molecule has 98 valence electrons. The molecule has 0 radical (unpaired) electrons. The summed E-state index contributed by atoms with van der Waals surface area (Å²) < 4.78 is 18.4. The second kappa shape index (κ2) is 6.35. The van der Waals surface area contributed by atoms with Gasteiger partial charge >= 0.3 is 0 Å². The Balaban J connectivity index is 1.96. The van der Waals surface area contributed by atoms with Crippen molar-refractivity contribution in [3.8, 4) is 0 Å². The van der Waals surface area contributed by atoms with Gasteiger partial charge in [-0.1, -0.05) is 6.07 Å². The van der Waals surface area contributed by atoms with E-state index in [-0.39, 0.29) is 5.82 Å². The fraction of sp³-hybridized carbons (Fsp3) is 0.462. The zero-order valence-electron chi connectivity index (χ0n) is 10.5. The largest absolute Gasteiger partial charge is 0.380 e. The summed E-state index contributed by atoms with van der Waals surface area (Å²) >= 11 is 0. The third-order valence-corrected chi connectivity index (χ3v) is 2.77. The van der Waals surface area contributed by atoms with Gasteiger partial charge in [-0.15, -0.1) is 0 Å². The molecule has 18 heavy (non-hydrogen) atoms. The van der Waals surface area contributed by atoms with Crippen LogP contribution in [0.4, 0.5) is 4.39 Å². The number of ether oxygens (including phenoxy) is 1. The van der Waals surface area contributed by atoms with E-state index in [0.29, 0.717) is 18.7 Å². The van der Waals surface area contributed by atoms with Crippen LogP contribution in [0.5, 0.6) is 0 Å². The van der Waals surface area contributed by atoms with Crippen LogP contribution < -0.4 is 10.6 Å². The van der Waals surface area contributed by atoms with E-state index in [1.807, 2.05) is 6.07 Å². The van der Waals surface area contributed by atoms with Crippen LogP contribution in [0.15, 0.2) is 23.2 Å². The molecule has 0 aromatic heterocycles.